The first-order chi connectivity index (χ1) is 9.58. The van der Waals surface area contributed by atoms with Crippen LogP contribution in [-0.2, 0) is 0 Å². The van der Waals surface area contributed by atoms with Crippen molar-refractivity contribution in [2.75, 3.05) is 5.43 Å². The molecule has 0 radical (unpaired) electrons. The molecule has 0 aliphatic rings. The summed E-state index contributed by atoms with van der Waals surface area (Å²) in [5.41, 5.74) is 3.18. The number of nitro groups is 1. The fourth-order valence-electron chi connectivity index (χ4n) is 1.53. The Labute approximate surface area is 119 Å². The Bertz CT molecular complexity index is 659. The first-order valence-corrected chi connectivity index (χ1v) is 5.97. The molecule has 0 unspecified atom stereocenters. The molecule has 0 saturated carbocycles. The van der Waals surface area contributed by atoms with Crippen molar-refractivity contribution < 1.29 is 10.0 Å². The summed E-state index contributed by atoms with van der Waals surface area (Å²) in [6.07, 6.45) is 1.27. The Morgan fingerprint density at radius 1 is 1.30 bits per heavy atom. The zero-order valence-electron chi connectivity index (χ0n) is 10.2. The number of aromatic hydroxyl groups is 1. The van der Waals surface area contributed by atoms with E-state index in [0.29, 0.717) is 0 Å². The van der Waals surface area contributed by atoms with Gasteiger partial charge in [-0.1, -0.05) is 29.8 Å². The van der Waals surface area contributed by atoms with Crippen LogP contribution >= 0.6 is 11.6 Å². The van der Waals surface area contributed by atoms with Crippen LogP contribution in [-0.4, -0.2) is 16.2 Å². The lowest BCUT2D eigenvalue weighted by Gasteiger charge is -2.02. The van der Waals surface area contributed by atoms with Crippen LogP contribution in [0.25, 0.3) is 0 Å². The van der Waals surface area contributed by atoms with E-state index in [-0.39, 0.29) is 10.6 Å². The first kappa shape index (κ1) is 13.8. The number of hydrogen-bond donors (Lipinski definition) is 2. The van der Waals surface area contributed by atoms with Gasteiger partial charge < -0.3 is 5.11 Å². The molecule has 0 heterocycles. The second-order valence-electron chi connectivity index (χ2n) is 3.86. The van der Waals surface area contributed by atoms with Crippen LogP contribution in [0.2, 0.25) is 5.02 Å². The molecule has 0 fully saturated rings. The lowest BCUT2D eigenvalue weighted by Crippen LogP contribution is -1.94. The number of phenols is 1. The van der Waals surface area contributed by atoms with E-state index in [1.54, 1.807) is 12.1 Å². The van der Waals surface area contributed by atoms with Crippen molar-refractivity contribution in [1.29, 1.82) is 0 Å². The summed E-state index contributed by atoms with van der Waals surface area (Å²) in [4.78, 5) is 10.0. The molecule has 0 bridgehead atoms. The van der Waals surface area contributed by atoms with E-state index in [1.165, 1.54) is 12.3 Å². The summed E-state index contributed by atoms with van der Waals surface area (Å²) in [7, 11) is 0. The maximum atomic E-state index is 10.7. The highest BCUT2D eigenvalue weighted by Crippen LogP contribution is 2.32. The highest BCUT2D eigenvalue weighted by atomic mass is 35.5. The van der Waals surface area contributed by atoms with E-state index < -0.39 is 16.4 Å². The fourth-order valence-corrected chi connectivity index (χ4v) is 1.75. The fraction of sp³-hybridized carbons (Fsp3) is 0. The molecular weight excluding hydrogens is 282 g/mol. The maximum absolute atomic E-state index is 10.7. The summed E-state index contributed by atoms with van der Waals surface area (Å²) >= 11 is 5.76. The number of benzene rings is 2. The zero-order chi connectivity index (χ0) is 14.5. The van der Waals surface area contributed by atoms with Crippen LogP contribution in [0.3, 0.4) is 0 Å². The van der Waals surface area contributed by atoms with Crippen LogP contribution in [0.4, 0.5) is 11.4 Å². The van der Waals surface area contributed by atoms with Crippen molar-refractivity contribution in [3.8, 4) is 5.75 Å². The van der Waals surface area contributed by atoms with Gasteiger partial charge in [0.2, 0.25) is 5.75 Å². The van der Waals surface area contributed by atoms with Gasteiger partial charge >= 0.3 is 5.69 Å². The Morgan fingerprint density at radius 3 is 2.65 bits per heavy atom. The van der Waals surface area contributed by atoms with Gasteiger partial charge in [0.15, 0.2) is 0 Å². The van der Waals surface area contributed by atoms with Crippen molar-refractivity contribution in [3.63, 3.8) is 0 Å². The van der Waals surface area contributed by atoms with E-state index in [1.807, 2.05) is 18.2 Å². The van der Waals surface area contributed by atoms with Gasteiger partial charge in [-0.25, -0.2) is 0 Å². The Hall–Kier alpha value is -2.60. The third-order valence-electron chi connectivity index (χ3n) is 2.45. The standard InChI is InChI=1S/C13H10ClN3O3/c14-10-6-9(13(18)12(7-10)17(19)20)8-15-16-11-4-2-1-3-5-11/h1-8,16,18H/b15-8-. The monoisotopic (exact) mass is 291 g/mol. The zero-order valence-corrected chi connectivity index (χ0v) is 10.9. The minimum atomic E-state index is -0.705. The molecule has 0 aliphatic heterocycles. The largest absolute Gasteiger partial charge is 0.502 e. The molecule has 0 spiro atoms. The molecule has 102 valence electrons. The van der Waals surface area contributed by atoms with Crippen molar-refractivity contribution in [1.82, 2.24) is 0 Å². The smallest absolute Gasteiger partial charge is 0.312 e. The van der Waals surface area contributed by atoms with Crippen molar-refractivity contribution in [2.24, 2.45) is 5.10 Å². The van der Waals surface area contributed by atoms with Crippen molar-refractivity contribution >= 4 is 29.2 Å². The average Bonchev–Trinajstić information content (AvgIpc) is 2.43. The van der Waals surface area contributed by atoms with Crippen LogP contribution in [0, 0.1) is 10.1 Å². The van der Waals surface area contributed by atoms with Gasteiger partial charge in [0, 0.05) is 16.7 Å². The quantitative estimate of drug-likeness (QED) is 0.513. The van der Waals surface area contributed by atoms with E-state index in [0.717, 1.165) is 11.8 Å². The van der Waals surface area contributed by atoms with Gasteiger partial charge in [0.05, 0.1) is 16.8 Å². The van der Waals surface area contributed by atoms with E-state index in [4.69, 9.17) is 11.6 Å². The molecule has 0 amide bonds. The highest BCUT2D eigenvalue weighted by Gasteiger charge is 2.17. The summed E-state index contributed by atoms with van der Waals surface area (Å²) in [6.45, 7) is 0. The Kier molecular flexibility index (Phi) is 4.17. The van der Waals surface area contributed by atoms with Gasteiger partial charge in [-0.05, 0) is 18.2 Å². The number of nitrogens with zero attached hydrogens (tertiary/aromatic N) is 2. The predicted molar refractivity (Wildman–Crippen MR) is 77.4 cm³/mol. The van der Waals surface area contributed by atoms with E-state index >= 15 is 0 Å². The van der Waals surface area contributed by atoms with Gasteiger partial charge in [0.25, 0.3) is 0 Å². The SMILES string of the molecule is O=[N+]([O-])c1cc(Cl)cc(/C=N\Nc2ccccc2)c1O. The van der Waals surface area contributed by atoms with Crippen molar-refractivity contribution in [2.45, 2.75) is 0 Å². The number of hydrogen-bond acceptors (Lipinski definition) is 5. The number of phenolic OH excluding ortho intramolecular Hbond substituents is 1. The third-order valence-corrected chi connectivity index (χ3v) is 2.67. The molecule has 6 nitrogen and oxygen atoms in total. The molecule has 0 aliphatic carbocycles. The van der Waals surface area contributed by atoms with Gasteiger partial charge in [-0.3, -0.25) is 15.5 Å². The molecule has 20 heavy (non-hydrogen) atoms. The van der Waals surface area contributed by atoms with Gasteiger partial charge in [0.1, 0.15) is 0 Å². The molecule has 2 N–H and O–H groups in total. The molecule has 2 aromatic rings. The molecule has 7 heteroatoms. The lowest BCUT2D eigenvalue weighted by atomic mass is 10.2. The van der Waals surface area contributed by atoms with Crippen LogP contribution in [0.5, 0.6) is 5.75 Å². The molecule has 0 atom stereocenters. The number of nitrogens with one attached hydrogen (secondary N) is 1. The summed E-state index contributed by atoms with van der Waals surface area (Å²) in [6, 6.07) is 11.6. The number of rotatable bonds is 4. The summed E-state index contributed by atoms with van der Waals surface area (Å²) in [5, 5.41) is 24.6. The normalized spacial score (nSPS) is 10.7. The number of para-hydroxylation sites is 1. The molecule has 0 aromatic heterocycles. The average molecular weight is 292 g/mol. The predicted octanol–water partition coefficient (Wildman–Crippen LogP) is 3.40. The first-order valence-electron chi connectivity index (χ1n) is 5.59. The topological polar surface area (TPSA) is 87.8 Å². The van der Waals surface area contributed by atoms with Crippen LogP contribution in [0.15, 0.2) is 47.6 Å². The number of hydrazone groups is 1. The van der Waals surface area contributed by atoms with Gasteiger partial charge in [-0.15, -0.1) is 0 Å². The summed E-state index contributed by atoms with van der Waals surface area (Å²) in [5.74, 6) is -0.474. The number of anilines is 1. The third kappa shape index (κ3) is 3.24. The second-order valence-corrected chi connectivity index (χ2v) is 4.29. The van der Waals surface area contributed by atoms with Crippen LogP contribution in [0.1, 0.15) is 5.56 Å². The van der Waals surface area contributed by atoms with Crippen molar-refractivity contribution in [3.05, 3.63) is 63.2 Å². The number of halogens is 1. The lowest BCUT2D eigenvalue weighted by molar-refractivity contribution is -0.385. The van der Waals surface area contributed by atoms with E-state index in [2.05, 4.69) is 10.5 Å². The molecule has 2 aromatic carbocycles. The Balaban J connectivity index is 2.23. The number of nitro benzene ring substituents is 1. The minimum Gasteiger partial charge on any atom is -0.502 e. The maximum Gasteiger partial charge on any atom is 0.312 e. The van der Waals surface area contributed by atoms with Crippen LogP contribution < -0.4 is 5.43 Å². The molecule has 0 saturated heterocycles. The minimum absolute atomic E-state index is 0.149. The van der Waals surface area contributed by atoms with E-state index in [9.17, 15) is 15.2 Å². The Morgan fingerprint density at radius 2 is 2.00 bits per heavy atom. The summed E-state index contributed by atoms with van der Waals surface area (Å²) < 4.78 is 0. The second kappa shape index (κ2) is 6.03. The highest BCUT2D eigenvalue weighted by molar-refractivity contribution is 6.31. The van der Waals surface area contributed by atoms with Gasteiger partial charge in [-0.2, -0.15) is 5.10 Å². The molecule has 2 rings (SSSR count). The molecular formula is C13H10ClN3O3.